The Balaban J connectivity index is 3.15. The van der Waals surface area contributed by atoms with Crippen molar-refractivity contribution in [1.29, 1.82) is 0 Å². The molecule has 0 fully saturated rings. The van der Waals surface area contributed by atoms with Crippen molar-refractivity contribution in [2.45, 2.75) is 39.2 Å². The van der Waals surface area contributed by atoms with E-state index in [1.54, 1.807) is 0 Å². The molecule has 1 nitrogen and oxygen atoms in total. The Labute approximate surface area is 57.4 Å². The van der Waals surface area contributed by atoms with Crippen LogP contribution in [0.2, 0.25) is 0 Å². The van der Waals surface area contributed by atoms with Crippen molar-refractivity contribution in [3.05, 3.63) is 12.2 Å². The molecule has 1 atom stereocenters. The summed E-state index contributed by atoms with van der Waals surface area (Å²) in [5.74, 6) is 0. The van der Waals surface area contributed by atoms with Crippen molar-refractivity contribution in [1.82, 2.24) is 0 Å². The van der Waals surface area contributed by atoms with Gasteiger partial charge in [0.25, 0.3) is 0 Å². The fourth-order valence-corrected chi connectivity index (χ4v) is 0.587. The lowest BCUT2D eigenvalue weighted by atomic mass is 10.2. The molecule has 0 aliphatic carbocycles. The average molecular weight is 128 g/mol. The van der Waals surface area contributed by atoms with E-state index in [4.69, 9.17) is 5.11 Å². The van der Waals surface area contributed by atoms with E-state index in [9.17, 15) is 0 Å². The lowest BCUT2D eigenvalue weighted by molar-refractivity contribution is 0.173. The zero-order valence-corrected chi connectivity index (χ0v) is 6.30. The molecule has 0 aliphatic heterocycles. The van der Waals surface area contributed by atoms with E-state index >= 15 is 0 Å². The Bertz CT molecular complexity index is 76.6. The Kier molecular flexibility index (Phi) is 5.64. The Morgan fingerprint density at radius 1 is 1.33 bits per heavy atom. The molecule has 0 saturated heterocycles. The second-order valence-electron chi connectivity index (χ2n) is 2.18. The summed E-state index contributed by atoms with van der Waals surface area (Å²) in [4.78, 5) is 0. The van der Waals surface area contributed by atoms with Crippen LogP contribution >= 0.6 is 0 Å². The summed E-state index contributed by atoms with van der Waals surface area (Å²) in [6.45, 7) is 4.08. The predicted molar refractivity (Wildman–Crippen MR) is 40.3 cm³/mol. The molecular weight excluding hydrogens is 112 g/mol. The Morgan fingerprint density at radius 2 is 2.00 bits per heavy atom. The van der Waals surface area contributed by atoms with Gasteiger partial charge in [-0.05, 0) is 19.3 Å². The zero-order valence-electron chi connectivity index (χ0n) is 6.30. The van der Waals surface area contributed by atoms with Crippen LogP contribution in [0.1, 0.15) is 33.1 Å². The van der Waals surface area contributed by atoms with Crippen molar-refractivity contribution in [2.75, 3.05) is 0 Å². The van der Waals surface area contributed by atoms with Gasteiger partial charge in [-0.3, -0.25) is 0 Å². The topological polar surface area (TPSA) is 20.2 Å². The number of aliphatic hydroxyl groups excluding tert-OH is 1. The van der Waals surface area contributed by atoms with Crippen LogP contribution < -0.4 is 0 Å². The minimum atomic E-state index is -0.132. The van der Waals surface area contributed by atoms with E-state index in [1.807, 2.05) is 13.0 Å². The Hall–Kier alpha value is -0.300. The van der Waals surface area contributed by atoms with Crippen LogP contribution in [-0.4, -0.2) is 11.2 Å². The second-order valence-corrected chi connectivity index (χ2v) is 2.18. The lowest BCUT2D eigenvalue weighted by Crippen LogP contribution is -2.00. The van der Waals surface area contributed by atoms with E-state index in [2.05, 4.69) is 13.0 Å². The van der Waals surface area contributed by atoms with Crippen LogP contribution in [0.25, 0.3) is 0 Å². The quantitative estimate of drug-likeness (QED) is 0.575. The number of aliphatic hydroxyl groups is 1. The van der Waals surface area contributed by atoms with E-state index in [-0.39, 0.29) is 6.10 Å². The highest BCUT2D eigenvalue weighted by atomic mass is 16.3. The molecule has 0 rings (SSSR count). The summed E-state index contributed by atoms with van der Waals surface area (Å²) >= 11 is 0. The first-order valence-electron chi connectivity index (χ1n) is 3.64. The zero-order chi connectivity index (χ0) is 7.11. The maximum Gasteiger partial charge on any atom is 0.0572 e. The molecule has 54 valence electrons. The second kappa shape index (κ2) is 5.83. The van der Waals surface area contributed by atoms with Crippen molar-refractivity contribution in [3.63, 3.8) is 0 Å². The smallest absolute Gasteiger partial charge is 0.0572 e. The fraction of sp³-hybridized carbons (Fsp3) is 0.750. The van der Waals surface area contributed by atoms with Gasteiger partial charge in [0.1, 0.15) is 0 Å². The minimum absolute atomic E-state index is 0.132. The van der Waals surface area contributed by atoms with Crippen molar-refractivity contribution in [3.8, 4) is 0 Å². The van der Waals surface area contributed by atoms with Gasteiger partial charge in [-0.25, -0.2) is 0 Å². The van der Waals surface area contributed by atoms with Crippen molar-refractivity contribution >= 4 is 0 Å². The molecule has 0 aromatic rings. The van der Waals surface area contributed by atoms with E-state index in [0.717, 1.165) is 19.3 Å². The summed E-state index contributed by atoms with van der Waals surface area (Å²) in [5, 5.41) is 9.03. The first-order chi connectivity index (χ1) is 4.31. The molecule has 1 heteroatoms. The molecule has 0 aliphatic rings. The predicted octanol–water partition coefficient (Wildman–Crippen LogP) is 2.11. The normalized spacial score (nSPS) is 14.6. The number of hydrogen-bond donors (Lipinski definition) is 1. The van der Waals surface area contributed by atoms with Gasteiger partial charge in [-0.15, -0.1) is 0 Å². The number of rotatable bonds is 4. The summed E-state index contributed by atoms with van der Waals surface area (Å²) in [6.07, 6.45) is 6.72. The SMILES string of the molecule is CC/C=C/CC(O)CC. The fourth-order valence-electron chi connectivity index (χ4n) is 0.587. The van der Waals surface area contributed by atoms with Crippen LogP contribution in [0.3, 0.4) is 0 Å². The molecule has 0 radical (unpaired) electrons. The number of allylic oxidation sites excluding steroid dienone is 1. The molecule has 0 spiro atoms. The first kappa shape index (κ1) is 8.70. The van der Waals surface area contributed by atoms with Gasteiger partial charge in [0.15, 0.2) is 0 Å². The molecule has 0 aromatic carbocycles. The first-order valence-corrected chi connectivity index (χ1v) is 3.64. The molecular formula is C8H16O. The molecule has 1 N–H and O–H groups in total. The van der Waals surface area contributed by atoms with Crippen LogP contribution in [0, 0.1) is 0 Å². The molecule has 0 saturated carbocycles. The van der Waals surface area contributed by atoms with Gasteiger partial charge in [0, 0.05) is 0 Å². The van der Waals surface area contributed by atoms with Crippen LogP contribution in [-0.2, 0) is 0 Å². The highest BCUT2D eigenvalue weighted by Crippen LogP contribution is 1.97. The standard InChI is InChI=1S/C8H16O/c1-3-5-6-7-8(9)4-2/h5-6,8-9H,3-4,7H2,1-2H3/b6-5+. The highest BCUT2D eigenvalue weighted by Gasteiger charge is 1.93. The Morgan fingerprint density at radius 3 is 2.44 bits per heavy atom. The summed E-state index contributed by atoms with van der Waals surface area (Å²) in [5.41, 5.74) is 0. The summed E-state index contributed by atoms with van der Waals surface area (Å²) in [6, 6.07) is 0. The van der Waals surface area contributed by atoms with E-state index in [0.29, 0.717) is 0 Å². The third kappa shape index (κ3) is 5.57. The van der Waals surface area contributed by atoms with Crippen LogP contribution in [0.5, 0.6) is 0 Å². The van der Waals surface area contributed by atoms with Crippen LogP contribution in [0.4, 0.5) is 0 Å². The highest BCUT2D eigenvalue weighted by molar-refractivity contribution is 4.82. The molecule has 1 unspecified atom stereocenters. The van der Waals surface area contributed by atoms with Crippen molar-refractivity contribution in [2.24, 2.45) is 0 Å². The molecule has 0 amide bonds. The largest absolute Gasteiger partial charge is 0.393 e. The van der Waals surface area contributed by atoms with Crippen molar-refractivity contribution < 1.29 is 5.11 Å². The molecule has 9 heavy (non-hydrogen) atoms. The van der Waals surface area contributed by atoms with Gasteiger partial charge in [-0.2, -0.15) is 0 Å². The van der Waals surface area contributed by atoms with E-state index < -0.39 is 0 Å². The number of hydrogen-bond acceptors (Lipinski definition) is 1. The monoisotopic (exact) mass is 128 g/mol. The van der Waals surface area contributed by atoms with Gasteiger partial charge in [-0.1, -0.05) is 26.0 Å². The third-order valence-electron chi connectivity index (χ3n) is 1.28. The van der Waals surface area contributed by atoms with Gasteiger partial charge >= 0.3 is 0 Å². The van der Waals surface area contributed by atoms with Crippen LogP contribution in [0.15, 0.2) is 12.2 Å². The maximum absolute atomic E-state index is 9.03. The summed E-state index contributed by atoms with van der Waals surface area (Å²) in [7, 11) is 0. The van der Waals surface area contributed by atoms with E-state index in [1.165, 1.54) is 0 Å². The minimum Gasteiger partial charge on any atom is -0.393 e. The lowest BCUT2D eigenvalue weighted by Gasteiger charge is -2.00. The molecule has 0 heterocycles. The maximum atomic E-state index is 9.03. The third-order valence-corrected chi connectivity index (χ3v) is 1.28. The van der Waals surface area contributed by atoms with Gasteiger partial charge in [0.2, 0.25) is 0 Å². The average Bonchev–Trinajstić information content (AvgIpc) is 1.89. The molecule has 0 bridgehead atoms. The van der Waals surface area contributed by atoms with Gasteiger partial charge in [0.05, 0.1) is 6.10 Å². The summed E-state index contributed by atoms with van der Waals surface area (Å²) < 4.78 is 0. The molecule has 0 aromatic heterocycles. The van der Waals surface area contributed by atoms with Gasteiger partial charge < -0.3 is 5.11 Å².